The van der Waals surface area contributed by atoms with E-state index >= 15 is 0 Å². The van der Waals surface area contributed by atoms with Crippen molar-refractivity contribution >= 4 is 11.8 Å². The predicted molar refractivity (Wildman–Crippen MR) is 162 cm³/mol. The van der Waals surface area contributed by atoms with Crippen molar-refractivity contribution in [2.75, 3.05) is 14.1 Å². The zero-order valence-electron chi connectivity index (χ0n) is 27.9. The number of rotatable bonds is 6. The van der Waals surface area contributed by atoms with Crippen LogP contribution in [0.1, 0.15) is 118 Å². The number of hydrogen-bond acceptors (Lipinski definition) is 4. The predicted octanol–water partition coefficient (Wildman–Crippen LogP) is 9.00. The van der Waals surface area contributed by atoms with Crippen LogP contribution in [0.4, 0.5) is 0 Å². The smallest absolute Gasteiger partial charge is 0.140 e. The van der Waals surface area contributed by atoms with E-state index in [0.29, 0.717) is 11.8 Å². The molecule has 1 saturated carbocycles. The van der Waals surface area contributed by atoms with Gasteiger partial charge in [-0.25, -0.2) is 0 Å². The van der Waals surface area contributed by atoms with E-state index in [1.165, 1.54) is 31.2 Å². The van der Waals surface area contributed by atoms with Gasteiger partial charge in [-0.15, -0.1) is 14.1 Å². The van der Waals surface area contributed by atoms with Crippen LogP contribution in [0.2, 0.25) is 0 Å². The van der Waals surface area contributed by atoms with Gasteiger partial charge in [-0.2, -0.15) is 13.8 Å². The first-order valence-electron chi connectivity index (χ1n) is 14.8. The van der Waals surface area contributed by atoms with Crippen molar-refractivity contribution in [2.45, 2.75) is 114 Å². The van der Waals surface area contributed by atoms with E-state index in [9.17, 15) is 9.59 Å². The first kappa shape index (κ1) is 47.3. The molecule has 1 heterocycles. The van der Waals surface area contributed by atoms with Crippen molar-refractivity contribution in [2.24, 2.45) is 35.5 Å². The fraction of sp³-hybridized carbons (Fsp3) is 0.781. The van der Waals surface area contributed by atoms with E-state index < -0.39 is 0 Å². The van der Waals surface area contributed by atoms with Crippen LogP contribution in [0.25, 0.3) is 10.6 Å². The van der Waals surface area contributed by atoms with Gasteiger partial charge in [0.05, 0.1) is 17.5 Å². The third-order valence-corrected chi connectivity index (χ3v) is 8.37. The van der Waals surface area contributed by atoms with Gasteiger partial charge in [-0.05, 0) is 49.4 Å². The number of aromatic nitrogens is 1. The van der Waals surface area contributed by atoms with Crippen molar-refractivity contribution < 1.29 is 79.5 Å². The molecule has 2 radical (unpaired) electrons. The molecule has 4 unspecified atom stereocenters. The molecule has 2 aliphatic rings. The number of hydrogen-bond donors (Lipinski definition) is 0. The summed E-state index contributed by atoms with van der Waals surface area (Å²) in [5.41, 5.74) is 2.20. The quantitative estimate of drug-likeness (QED) is 0.276. The molecule has 0 saturated heterocycles. The van der Waals surface area contributed by atoms with Crippen LogP contribution in [-0.2, 0) is 87.8 Å². The number of fused-ring (bicyclic) bond motifs is 1. The molecule has 0 bridgehead atoms. The molecule has 230 valence electrons. The number of nitrogens with zero attached hydrogens (tertiary/aromatic N) is 3. The maximum atomic E-state index is 11.6. The Morgan fingerprint density at radius 2 is 1.32 bits per heavy atom. The summed E-state index contributed by atoms with van der Waals surface area (Å²) in [4.78, 5) is 23.1. The molecule has 2 aliphatic carbocycles. The summed E-state index contributed by atoms with van der Waals surface area (Å²) >= 11 is 0. The van der Waals surface area contributed by atoms with E-state index in [-0.39, 0.29) is 95.0 Å². The van der Waals surface area contributed by atoms with Gasteiger partial charge in [-0.3, -0.25) is 0 Å². The monoisotopic (exact) mass is 711 g/mol. The molecule has 0 aliphatic heterocycles. The Morgan fingerprint density at radius 1 is 0.850 bits per heavy atom. The minimum absolute atomic E-state index is 0. The maximum Gasteiger partial charge on any atom is 0.140 e. The summed E-state index contributed by atoms with van der Waals surface area (Å²) in [5.74, 6) is 3.82. The minimum atomic E-state index is -0.129. The Morgan fingerprint density at radius 3 is 1.77 bits per heavy atom. The Labute approximate surface area is 298 Å². The summed E-state index contributed by atoms with van der Waals surface area (Å²) < 4.78 is 5.38. The molecular weight excluding hydrogens is 652 g/mol. The van der Waals surface area contributed by atoms with E-state index in [0.717, 1.165) is 36.1 Å². The first-order chi connectivity index (χ1) is 18.1. The summed E-state index contributed by atoms with van der Waals surface area (Å²) in [6.07, 6.45) is 6.98. The van der Waals surface area contributed by atoms with Gasteiger partial charge in [0.25, 0.3) is 0 Å². The molecule has 1 aromatic heterocycles. The van der Waals surface area contributed by atoms with Crippen molar-refractivity contribution in [1.82, 2.24) is 5.16 Å². The Balaban J connectivity index is -0.000000263. The second kappa shape index (κ2) is 26.9. The number of carbonyl (C=O) groups is 2. The molecule has 1 fully saturated rings. The van der Waals surface area contributed by atoms with Crippen molar-refractivity contribution in [1.29, 1.82) is 0 Å². The molecule has 3 rings (SSSR count). The van der Waals surface area contributed by atoms with Crippen molar-refractivity contribution in [3.63, 3.8) is 0 Å². The van der Waals surface area contributed by atoms with Crippen molar-refractivity contribution in [3.05, 3.63) is 41.5 Å². The standard InChI is InChI=1S/C13H20N2O2.C13H25NO.C2H6.2C2H5.2Y/c1-8(9(2)13(16)14-3)12-10-6-4-5-7-11(10)17-15-12;1-8-6-7-12(9(8)2)10(3)11(4)13(15)14-5;3*1-2;;/h8-9H,4-7H2,1-3H3,(H,14,16);8-12H,6-7H2,1-5H3,(H,14,15);1-2H3;2*1H2,2H3;;/q;;;2*-1;;/p-2/t;8-,9-,10?,11?,12+;;;;;/m.1...../s1. The molecule has 7 atom stereocenters. The Hall–Kier alpha value is 0.358. The van der Waals surface area contributed by atoms with Crippen LogP contribution in [0.5, 0.6) is 0 Å². The number of carbonyl (C=O) groups excluding carboxylic acids is 2. The molecule has 1 aromatic rings. The molecule has 0 aromatic carbocycles. The molecular formula is C32H59N3O3Y2-4. The van der Waals surface area contributed by atoms with E-state index in [1.807, 2.05) is 34.6 Å². The molecule has 0 N–H and O–H groups in total. The van der Waals surface area contributed by atoms with E-state index in [2.05, 4.69) is 50.4 Å². The van der Waals surface area contributed by atoms with E-state index in [4.69, 9.17) is 4.52 Å². The van der Waals surface area contributed by atoms with Crippen LogP contribution in [0.15, 0.2) is 4.52 Å². The van der Waals surface area contributed by atoms with Crippen LogP contribution < -0.4 is 0 Å². The summed E-state index contributed by atoms with van der Waals surface area (Å²) in [6.45, 7) is 26.8. The zero-order valence-corrected chi connectivity index (χ0v) is 33.6. The summed E-state index contributed by atoms with van der Waals surface area (Å²) in [5, 5.41) is 11.7. The fourth-order valence-corrected chi connectivity index (χ4v) is 5.37. The Kier molecular flexibility index (Phi) is 31.9. The summed E-state index contributed by atoms with van der Waals surface area (Å²) in [7, 11) is 3.15. The minimum Gasteiger partial charge on any atom is -0.656 e. The molecule has 6 nitrogen and oxygen atoms in total. The molecule has 40 heavy (non-hydrogen) atoms. The zero-order chi connectivity index (χ0) is 30.0. The second-order valence-corrected chi connectivity index (χ2v) is 10.1. The largest absolute Gasteiger partial charge is 0.656 e. The van der Waals surface area contributed by atoms with Gasteiger partial charge in [0.15, 0.2) is 0 Å². The first-order valence-corrected chi connectivity index (χ1v) is 14.8. The van der Waals surface area contributed by atoms with Crippen molar-refractivity contribution in [3.8, 4) is 0 Å². The van der Waals surface area contributed by atoms with Crippen LogP contribution in [0, 0.1) is 49.4 Å². The average molecular weight is 712 g/mol. The third kappa shape index (κ3) is 14.2. The molecule has 8 heteroatoms. The average Bonchev–Trinajstić information content (AvgIpc) is 3.56. The van der Waals surface area contributed by atoms with Gasteiger partial charge in [0, 0.05) is 95.2 Å². The van der Waals surface area contributed by atoms with E-state index in [1.54, 1.807) is 27.9 Å². The van der Waals surface area contributed by atoms with Gasteiger partial charge in [-0.1, -0.05) is 67.0 Å². The topological polar surface area (TPSA) is 88.4 Å². The van der Waals surface area contributed by atoms with Crippen LogP contribution in [-0.4, -0.2) is 31.1 Å². The van der Waals surface area contributed by atoms with Gasteiger partial charge in [0.2, 0.25) is 0 Å². The molecule has 0 spiro atoms. The number of amides is 2. The maximum absolute atomic E-state index is 11.6. The summed E-state index contributed by atoms with van der Waals surface area (Å²) in [6, 6.07) is 0. The molecule has 2 amide bonds. The van der Waals surface area contributed by atoms with Crippen LogP contribution in [0.3, 0.4) is 0 Å². The van der Waals surface area contributed by atoms with Gasteiger partial charge < -0.3 is 38.6 Å². The third-order valence-electron chi connectivity index (χ3n) is 8.37. The SMILES string of the molecule is CC.C[N-]C(=O)C(C)C(C)[C@H]1CC[C@@H](C)[C@H]1C.C[N-]C(=O)C(C)C(C)c1noc2c1CCCC2.[CH2-]C.[CH2-]C.[Y].[Y]. The second-order valence-electron chi connectivity index (χ2n) is 10.1. The number of aryl methyl sites for hydroxylation is 1. The fourth-order valence-electron chi connectivity index (χ4n) is 5.37. The van der Waals surface area contributed by atoms with Gasteiger partial charge >= 0.3 is 0 Å². The Bertz CT molecular complexity index is 773. The van der Waals surface area contributed by atoms with Crippen LogP contribution >= 0.6 is 0 Å². The normalized spacial score (nSPS) is 21.3. The van der Waals surface area contributed by atoms with Gasteiger partial charge in [0.1, 0.15) is 5.76 Å².